The van der Waals surface area contributed by atoms with Gasteiger partial charge in [0.15, 0.2) is 11.4 Å². The summed E-state index contributed by atoms with van der Waals surface area (Å²) in [6.45, 7) is 3.00. The van der Waals surface area contributed by atoms with Gasteiger partial charge in [0.2, 0.25) is 0 Å². The molecule has 0 fully saturated rings. The molecular weight excluding hydrogens is 407 g/mol. The number of carboxylic acids is 1. The van der Waals surface area contributed by atoms with E-state index < -0.39 is 11.6 Å². The number of carbonyl (C=O) groups excluding carboxylic acids is 1. The maximum Gasteiger partial charge on any atom is 0.347 e. The molecule has 0 aliphatic heterocycles. The van der Waals surface area contributed by atoms with Crippen molar-refractivity contribution in [2.45, 2.75) is 19.4 Å². The number of halogens is 1. The Kier molecular flexibility index (Phi) is 5.49. The van der Waals surface area contributed by atoms with Crippen molar-refractivity contribution in [1.82, 2.24) is 0 Å². The Morgan fingerprint density at radius 2 is 1.47 bits per heavy atom. The van der Waals surface area contributed by atoms with E-state index in [4.69, 9.17) is 4.74 Å². The lowest BCUT2D eigenvalue weighted by atomic mass is 9.95. The summed E-state index contributed by atoms with van der Waals surface area (Å²) in [6, 6.07) is 24.0. The zero-order chi connectivity index (χ0) is 22.9. The molecule has 0 spiro atoms. The van der Waals surface area contributed by atoms with E-state index in [-0.39, 0.29) is 11.6 Å². The zero-order valence-electron chi connectivity index (χ0n) is 17.6. The molecule has 0 aromatic heterocycles. The normalized spacial score (nSPS) is 11.3. The second-order valence-electron chi connectivity index (χ2n) is 8.02. The number of hydrogen-bond donors (Lipinski definition) is 1. The van der Waals surface area contributed by atoms with Crippen LogP contribution in [-0.4, -0.2) is 22.5 Å². The van der Waals surface area contributed by atoms with Crippen LogP contribution >= 0.6 is 0 Å². The molecule has 0 atom stereocenters. The van der Waals surface area contributed by atoms with Gasteiger partial charge in [-0.3, -0.25) is 4.79 Å². The van der Waals surface area contributed by atoms with Crippen LogP contribution in [0.5, 0.6) is 5.75 Å². The number of benzene rings is 4. The Bertz CT molecular complexity index is 1310. The third-order valence-electron chi connectivity index (χ3n) is 5.31. The van der Waals surface area contributed by atoms with Crippen LogP contribution in [0.1, 0.15) is 29.8 Å². The molecule has 0 radical (unpaired) electrons. The van der Waals surface area contributed by atoms with Gasteiger partial charge < -0.3 is 9.84 Å². The van der Waals surface area contributed by atoms with Crippen molar-refractivity contribution in [1.29, 1.82) is 0 Å². The quantitative estimate of drug-likeness (QED) is 0.376. The van der Waals surface area contributed by atoms with Gasteiger partial charge in [0.25, 0.3) is 0 Å². The Hall–Kier alpha value is -3.99. The number of carboxylic acid groups (broad SMARTS) is 1. The van der Waals surface area contributed by atoms with Gasteiger partial charge in [-0.25, -0.2) is 9.18 Å². The van der Waals surface area contributed by atoms with Gasteiger partial charge in [0, 0.05) is 11.1 Å². The lowest BCUT2D eigenvalue weighted by Crippen LogP contribution is -2.37. The summed E-state index contributed by atoms with van der Waals surface area (Å²) in [5, 5.41) is 11.2. The molecule has 0 aliphatic carbocycles. The highest BCUT2D eigenvalue weighted by Gasteiger charge is 2.29. The number of aliphatic carboxylic acids is 1. The summed E-state index contributed by atoms with van der Waals surface area (Å²) in [5.74, 6) is -1.16. The SMILES string of the molecule is CC(C)(Oc1ccc2cccc(-c3ccc(C(=O)c4ccc(F)cc4)cc3)c2c1)C(=O)O. The topological polar surface area (TPSA) is 63.6 Å². The fourth-order valence-electron chi connectivity index (χ4n) is 3.47. The lowest BCUT2D eigenvalue weighted by Gasteiger charge is -2.22. The zero-order valence-corrected chi connectivity index (χ0v) is 17.6. The minimum atomic E-state index is -1.36. The molecule has 0 aliphatic rings. The van der Waals surface area contributed by atoms with Crippen molar-refractivity contribution < 1.29 is 23.8 Å². The van der Waals surface area contributed by atoms with E-state index in [0.717, 1.165) is 21.9 Å². The molecule has 0 bridgehead atoms. The predicted molar refractivity (Wildman–Crippen MR) is 122 cm³/mol. The molecular formula is C27H21FO4. The van der Waals surface area contributed by atoms with Crippen molar-refractivity contribution in [2.75, 3.05) is 0 Å². The van der Waals surface area contributed by atoms with Crippen molar-refractivity contribution >= 4 is 22.5 Å². The fraction of sp³-hybridized carbons (Fsp3) is 0.111. The minimum absolute atomic E-state index is 0.180. The molecule has 160 valence electrons. The van der Waals surface area contributed by atoms with Crippen molar-refractivity contribution in [2.24, 2.45) is 0 Å². The fourth-order valence-corrected chi connectivity index (χ4v) is 3.47. The number of rotatable bonds is 6. The van der Waals surface area contributed by atoms with Crippen LogP contribution in [0.25, 0.3) is 21.9 Å². The molecule has 0 saturated carbocycles. The van der Waals surface area contributed by atoms with E-state index in [0.29, 0.717) is 16.9 Å². The van der Waals surface area contributed by atoms with Crippen molar-refractivity contribution in [3.8, 4) is 16.9 Å². The maximum atomic E-state index is 13.1. The van der Waals surface area contributed by atoms with E-state index in [1.165, 1.54) is 38.1 Å². The second kappa shape index (κ2) is 8.27. The first-order chi connectivity index (χ1) is 15.2. The number of fused-ring (bicyclic) bond motifs is 1. The van der Waals surface area contributed by atoms with Crippen LogP contribution < -0.4 is 4.74 Å². The van der Waals surface area contributed by atoms with Crippen LogP contribution in [-0.2, 0) is 4.79 Å². The van der Waals surface area contributed by atoms with Crippen molar-refractivity contribution in [3.63, 3.8) is 0 Å². The number of ketones is 1. The molecule has 32 heavy (non-hydrogen) atoms. The second-order valence-corrected chi connectivity index (χ2v) is 8.02. The maximum absolute atomic E-state index is 13.1. The predicted octanol–water partition coefficient (Wildman–Crippen LogP) is 6.12. The molecule has 4 rings (SSSR count). The highest BCUT2D eigenvalue weighted by molar-refractivity contribution is 6.09. The van der Waals surface area contributed by atoms with Gasteiger partial charge in [-0.05, 0) is 72.1 Å². The highest BCUT2D eigenvalue weighted by Crippen LogP contribution is 2.32. The largest absolute Gasteiger partial charge is 0.478 e. The van der Waals surface area contributed by atoms with E-state index in [9.17, 15) is 19.1 Å². The third-order valence-corrected chi connectivity index (χ3v) is 5.31. The summed E-state index contributed by atoms with van der Waals surface area (Å²) < 4.78 is 18.8. The van der Waals surface area contributed by atoms with E-state index in [1.54, 1.807) is 18.2 Å². The van der Waals surface area contributed by atoms with Gasteiger partial charge in [-0.15, -0.1) is 0 Å². The summed E-state index contributed by atoms with van der Waals surface area (Å²) in [7, 11) is 0. The first-order valence-corrected chi connectivity index (χ1v) is 10.1. The van der Waals surface area contributed by atoms with Crippen LogP contribution in [0.3, 0.4) is 0 Å². The molecule has 1 N–H and O–H groups in total. The lowest BCUT2D eigenvalue weighted by molar-refractivity contribution is -0.152. The van der Waals surface area contributed by atoms with Gasteiger partial charge >= 0.3 is 5.97 Å². The van der Waals surface area contributed by atoms with Gasteiger partial charge in [0.1, 0.15) is 11.6 Å². The Labute approximate surface area is 184 Å². The summed E-state index contributed by atoms with van der Waals surface area (Å²) in [6.07, 6.45) is 0. The first kappa shape index (κ1) is 21.2. The van der Waals surface area contributed by atoms with E-state index in [1.807, 2.05) is 42.5 Å². The van der Waals surface area contributed by atoms with Gasteiger partial charge in [0.05, 0.1) is 0 Å². The monoisotopic (exact) mass is 428 g/mol. The smallest absolute Gasteiger partial charge is 0.347 e. The number of ether oxygens (including phenoxy) is 1. The molecule has 0 unspecified atom stereocenters. The molecule has 0 saturated heterocycles. The molecule has 5 heteroatoms. The number of carbonyl (C=O) groups is 2. The van der Waals surface area contributed by atoms with E-state index >= 15 is 0 Å². The summed E-state index contributed by atoms with van der Waals surface area (Å²) >= 11 is 0. The summed E-state index contributed by atoms with van der Waals surface area (Å²) in [5.41, 5.74) is 1.41. The molecule has 0 heterocycles. The average molecular weight is 428 g/mol. The minimum Gasteiger partial charge on any atom is -0.478 e. The van der Waals surface area contributed by atoms with Gasteiger partial charge in [-0.2, -0.15) is 0 Å². The molecule has 0 amide bonds. The highest BCUT2D eigenvalue weighted by atomic mass is 19.1. The Balaban J connectivity index is 1.68. The standard InChI is InChI=1S/C27H21FO4/c1-27(2,26(30)31)32-22-15-12-17-4-3-5-23(24(17)16-22)18-6-8-19(9-7-18)25(29)20-10-13-21(28)14-11-20/h3-16H,1-2H3,(H,30,31). The first-order valence-electron chi connectivity index (χ1n) is 10.1. The van der Waals surface area contributed by atoms with Crippen LogP contribution in [0.2, 0.25) is 0 Å². The van der Waals surface area contributed by atoms with E-state index in [2.05, 4.69) is 0 Å². The summed E-state index contributed by atoms with van der Waals surface area (Å²) in [4.78, 5) is 24.1. The molecule has 4 nitrogen and oxygen atoms in total. The molecule has 4 aromatic rings. The Morgan fingerprint density at radius 1 is 0.844 bits per heavy atom. The average Bonchev–Trinajstić information content (AvgIpc) is 2.78. The van der Waals surface area contributed by atoms with Crippen molar-refractivity contribution in [3.05, 3.63) is 102 Å². The van der Waals surface area contributed by atoms with Crippen LogP contribution in [0.4, 0.5) is 4.39 Å². The number of hydrogen-bond acceptors (Lipinski definition) is 3. The third kappa shape index (κ3) is 4.23. The Morgan fingerprint density at radius 3 is 2.09 bits per heavy atom. The van der Waals surface area contributed by atoms with Crippen LogP contribution in [0, 0.1) is 5.82 Å². The van der Waals surface area contributed by atoms with Crippen LogP contribution in [0.15, 0.2) is 84.9 Å². The molecule has 4 aromatic carbocycles. The van der Waals surface area contributed by atoms with Gasteiger partial charge in [-0.1, -0.05) is 48.5 Å².